The molecule has 2 N–H and O–H groups in total. The number of rotatable bonds is 6. The maximum atomic E-state index is 12.4. The Morgan fingerprint density at radius 2 is 2.04 bits per heavy atom. The zero-order valence-corrected chi connectivity index (χ0v) is 15.1. The highest BCUT2D eigenvalue weighted by atomic mass is 32.1. The van der Waals surface area contributed by atoms with Crippen LogP contribution in [0.1, 0.15) is 25.0 Å². The van der Waals surface area contributed by atoms with Crippen LogP contribution >= 0.6 is 11.3 Å². The molecular weight excluding hydrogens is 338 g/mol. The number of hydrogen-bond acceptors (Lipinski definition) is 6. The van der Waals surface area contributed by atoms with E-state index in [4.69, 9.17) is 15.2 Å². The quantitative estimate of drug-likeness (QED) is 0.856. The lowest BCUT2D eigenvalue weighted by Crippen LogP contribution is -2.41. The van der Waals surface area contributed by atoms with E-state index in [9.17, 15) is 4.79 Å². The number of nitrogen functional groups attached to an aromatic ring is 1. The first-order valence-corrected chi connectivity index (χ1v) is 9.31. The largest absolute Gasteiger partial charge is 0.493 e. The van der Waals surface area contributed by atoms with Gasteiger partial charge in [0.2, 0.25) is 5.91 Å². The monoisotopic (exact) mass is 361 g/mol. The lowest BCUT2D eigenvalue weighted by molar-refractivity contribution is -0.132. The van der Waals surface area contributed by atoms with E-state index in [1.807, 2.05) is 34.5 Å². The Morgan fingerprint density at radius 3 is 2.68 bits per heavy atom. The van der Waals surface area contributed by atoms with E-state index in [1.54, 1.807) is 7.11 Å². The summed E-state index contributed by atoms with van der Waals surface area (Å²) in [6.07, 6.45) is 2.88. The summed E-state index contributed by atoms with van der Waals surface area (Å²) in [7, 11) is 1.64. The molecule has 7 heteroatoms. The lowest BCUT2D eigenvalue weighted by atomic mass is 10.1. The van der Waals surface area contributed by atoms with Gasteiger partial charge in [-0.3, -0.25) is 4.79 Å². The van der Waals surface area contributed by atoms with Crippen LogP contribution in [-0.4, -0.2) is 42.1 Å². The minimum Gasteiger partial charge on any atom is -0.493 e. The van der Waals surface area contributed by atoms with Crippen molar-refractivity contribution in [2.75, 3.05) is 25.9 Å². The molecule has 1 aromatic carbocycles. The number of aromatic nitrogens is 1. The van der Waals surface area contributed by atoms with Gasteiger partial charge in [-0.1, -0.05) is 12.1 Å². The van der Waals surface area contributed by atoms with E-state index in [1.165, 1.54) is 11.3 Å². The number of amides is 1. The number of methoxy groups -OCH3 is 1. The summed E-state index contributed by atoms with van der Waals surface area (Å²) < 4.78 is 11.4. The second-order valence-corrected chi connectivity index (χ2v) is 6.92. The van der Waals surface area contributed by atoms with Crippen LogP contribution in [0.4, 0.5) is 5.13 Å². The van der Waals surface area contributed by atoms with E-state index in [0.29, 0.717) is 18.0 Å². The molecule has 1 aliphatic heterocycles. The molecule has 25 heavy (non-hydrogen) atoms. The average molecular weight is 361 g/mol. The van der Waals surface area contributed by atoms with Crippen molar-refractivity contribution in [2.24, 2.45) is 0 Å². The van der Waals surface area contributed by atoms with Gasteiger partial charge in [0.25, 0.3) is 0 Å². The third-order valence-corrected chi connectivity index (χ3v) is 5.04. The SMILES string of the molecule is COc1ccccc1OC1CCN(C(=O)CCc2csc(N)n2)CC1. The van der Waals surface area contributed by atoms with Gasteiger partial charge in [-0.2, -0.15) is 0 Å². The van der Waals surface area contributed by atoms with E-state index in [2.05, 4.69) is 4.98 Å². The first-order valence-electron chi connectivity index (χ1n) is 8.43. The maximum Gasteiger partial charge on any atom is 0.222 e. The minimum absolute atomic E-state index is 0.110. The van der Waals surface area contributed by atoms with Gasteiger partial charge in [-0.05, 0) is 18.6 Å². The molecule has 6 nitrogen and oxygen atoms in total. The molecule has 0 unspecified atom stereocenters. The molecule has 1 saturated heterocycles. The predicted molar refractivity (Wildman–Crippen MR) is 98.1 cm³/mol. The van der Waals surface area contributed by atoms with Crippen molar-refractivity contribution in [2.45, 2.75) is 31.8 Å². The van der Waals surface area contributed by atoms with Crippen molar-refractivity contribution in [3.8, 4) is 11.5 Å². The van der Waals surface area contributed by atoms with Gasteiger partial charge in [0.15, 0.2) is 16.6 Å². The topological polar surface area (TPSA) is 77.7 Å². The van der Waals surface area contributed by atoms with Crippen molar-refractivity contribution in [3.05, 3.63) is 35.3 Å². The number of ether oxygens (including phenoxy) is 2. The molecule has 2 heterocycles. The number of aryl methyl sites for hydroxylation is 1. The molecule has 0 bridgehead atoms. The number of likely N-dealkylation sites (tertiary alicyclic amines) is 1. The van der Waals surface area contributed by atoms with Crippen LogP contribution in [0.3, 0.4) is 0 Å². The second kappa shape index (κ2) is 8.20. The zero-order valence-electron chi connectivity index (χ0n) is 14.3. The summed E-state index contributed by atoms with van der Waals surface area (Å²) in [6, 6.07) is 7.65. The predicted octanol–water partition coefficient (Wildman–Crippen LogP) is 2.74. The summed E-state index contributed by atoms with van der Waals surface area (Å²) in [4.78, 5) is 18.5. The first kappa shape index (κ1) is 17.5. The summed E-state index contributed by atoms with van der Waals surface area (Å²) in [6.45, 7) is 1.44. The van der Waals surface area contributed by atoms with E-state index in [0.717, 1.165) is 43.1 Å². The van der Waals surface area contributed by atoms with Crippen molar-refractivity contribution in [3.63, 3.8) is 0 Å². The van der Waals surface area contributed by atoms with Gasteiger partial charge in [-0.25, -0.2) is 4.98 Å². The fourth-order valence-electron chi connectivity index (χ4n) is 2.95. The van der Waals surface area contributed by atoms with Crippen molar-refractivity contribution < 1.29 is 14.3 Å². The number of hydrogen-bond donors (Lipinski definition) is 1. The Morgan fingerprint density at radius 1 is 1.32 bits per heavy atom. The molecule has 3 rings (SSSR count). The molecule has 1 amide bonds. The average Bonchev–Trinajstić information content (AvgIpc) is 3.06. The number of para-hydroxylation sites is 2. The van der Waals surface area contributed by atoms with Gasteiger partial charge < -0.3 is 20.1 Å². The summed E-state index contributed by atoms with van der Waals surface area (Å²) in [5, 5.41) is 2.47. The molecule has 2 aromatic rings. The molecule has 1 fully saturated rings. The van der Waals surface area contributed by atoms with Gasteiger partial charge in [0.05, 0.1) is 12.8 Å². The normalized spacial score (nSPS) is 15.2. The Hall–Kier alpha value is -2.28. The number of piperidine rings is 1. The smallest absolute Gasteiger partial charge is 0.222 e. The van der Waals surface area contributed by atoms with Crippen LogP contribution in [0.25, 0.3) is 0 Å². The number of carbonyl (C=O) groups excluding carboxylic acids is 1. The number of anilines is 1. The van der Waals surface area contributed by atoms with Crippen LogP contribution in [0, 0.1) is 0 Å². The fourth-order valence-corrected chi connectivity index (χ4v) is 3.55. The Labute approximate surface area is 151 Å². The fraction of sp³-hybridized carbons (Fsp3) is 0.444. The zero-order chi connectivity index (χ0) is 17.6. The van der Waals surface area contributed by atoms with E-state index < -0.39 is 0 Å². The highest BCUT2D eigenvalue weighted by Crippen LogP contribution is 2.29. The van der Waals surface area contributed by atoms with Gasteiger partial charge in [-0.15, -0.1) is 11.3 Å². The van der Waals surface area contributed by atoms with Crippen LogP contribution in [0.15, 0.2) is 29.6 Å². The summed E-state index contributed by atoms with van der Waals surface area (Å²) in [5.41, 5.74) is 6.51. The first-order chi connectivity index (χ1) is 12.2. The molecule has 134 valence electrons. The maximum absolute atomic E-state index is 12.4. The highest BCUT2D eigenvalue weighted by Gasteiger charge is 2.24. The van der Waals surface area contributed by atoms with Gasteiger partial charge in [0.1, 0.15) is 6.10 Å². The van der Waals surface area contributed by atoms with E-state index in [-0.39, 0.29) is 12.0 Å². The minimum atomic E-state index is 0.110. The number of benzene rings is 1. The highest BCUT2D eigenvalue weighted by molar-refractivity contribution is 7.13. The third-order valence-electron chi connectivity index (χ3n) is 4.32. The molecular formula is C18H23N3O3S. The van der Waals surface area contributed by atoms with Crippen molar-refractivity contribution in [1.82, 2.24) is 9.88 Å². The number of thiazole rings is 1. The molecule has 0 radical (unpaired) electrons. The van der Waals surface area contributed by atoms with Crippen LogP contribution in [0.5, 0.6) is 11.5 Å². The molecule has 1 aliphatic rings. The van der Waals surface area contributed by atoms with Gasteiger partial charge >= 0.3 is 0 Å². The summed E-state index contributed by atoms with van der Waals surface area (Å²) >= 11 is 1.41. The Balaban J connectivity index is 1.45. The van der Waals surface area contributed by atoms with Crippen molar-refractivity contribution >= 4 is 22.4 Å². The molecule has 0 aliphatic carbocycles. The van der Waals surface area contributed by atoms with Crippen LogP contribution < -0.4 is 15.2 Å². The van der Waals surface area contributed by atoms with E-state index >= 15 is 0 Å². The van der Waals surface area contributed by atoms with Gasteiger partial charge in [0, 0.05) is 37.7 Å². The van der Waals surface area contributed by atoms with Crippen molar-refractivity contribution in [1.29, 1.82) is 0 Å². The molecule has 0 atom stereocenters. The molecule has 0 spiro atoms. The van der Waals surface area contributed by atoms with Crippen LogP contribution in [-0.2, 0) is 11.2 Å². The summed E-state index contributed by atoms with van der Waals surface area (Å²) in [5.74, 6) is 1.67. The molecule has 1 aromatic heterocycles. The van der Waals surface area contributed by atoms with Crippen LogP contribution in [0.2, 0.25) is 0 Å². The number of carbonyl (C=O) groups is 1. The lowest BCUT2D eigenvalue weighted by Gasteiger charge is -2.32. The number of nitrogens with zero attached hydrogens (tertiary/aromatic N) is 2. The molecule has 0 saturated carbocycles. The Kier molecular flexibility index (Phi) is 5.75. The number of nitrogens with two attached hydrogens (primary N) is 1. The second-order valence-electron chi connectivity index (χ2n) is 6.03. The third kappa shape index (κ3) is 4.63. The Bertz CT molecular complexity index is 711. The standard InChI is InChI=1S/C18H23N3O3S/c1-23-15-4-2-3-5-16(15)24-14-8-10-21(11-9-14)17(22)7-6-13-12-25-18(19)20-13/h2-5,12,14H,6-11H2,1H3,(H2,19,20).